The van der Waals surface area contributed by atoms with E-state index in [-0.39, 0.29) is 0 Å². The van der Waals surface area contributed by atoms with E-state index >= 15 is 0 Å². The van der Waals surface area contributed by atoms with Crippen LogP contribution in [0.1, 0.15) is 52.0 Å². The number of rotatable bonds is 7. The Kier molecular flexibility index (Phi) is 7.01. The second kappa shape index (κ2) is 9.71. The van der Waals surface area contributed by atoms with Gasteiger partial charge in [-0.25, -0.2) is 0 Å². The molecule has 2 atom stereocenters. The number of anilines is 2. The summed E-state index contributed by atoms with van der Waals surface area (Å²) >= 11 is 7.64. The molecule has 2 aliphatic heterocycles. The van der Waals surface area contributed by atoms with Crippen LogP contribution in [0.3, 0.4) is 0 Å². The molecule has 0 amide bonds. The van der Waals surface area contributed by atoms with E-state index in [1.165, 1.54) is 47.1 Å². The second-order valence-electron chi connectivity index (χ2n) is 8.48. The Morgan fingerprint density at radius 2 is 1.77 bits per heavy atom. The van der Waals surface area contributed by atoms with Crippen molar-refractivity contribution in [2.75, 3.05) is 24.5 Å². The molecule has 5 heteroatoms. The van der Waals surface area contributed by atoms with Crippen LogP contribution in [-0.4, -0.2) is 35.7 Å². The first-order valence-electron chi connectivity index (χ1n) is 11.3. The zero-order valence-electron chi connectivity index (χ0n) is 18.4. The van der Waals surface area contributed by atoms with E-state index in [0.717, 1.165) is 29.9 Å². The van der Waals surface area contributed by atoms with Crippen molar-refractivity contribution in [3.63, 3.8) is 0 Å². The molecule has 1 fully saturated rings. The van der Waals surface area contributed by atoms with Gasteiger partial charge >= 0.3 is 0 Å². The molecule has 2 heterocycles. The SMILES string of the molecule is CCC(N1CCCC1)N1c2ccccc2Sc2ccc(C(=S)NC[C@@H](C)CC)cc21. The summed E-state index contributed by atoms with van der Waals surface area (Å²) in [6.07, 6.45) is 5.24. The van der Waals surface area contributed by atoms with Crippen LogP contribution in [0.5, 0.6) is 0 Å². The lowest BCUT2D eigenvalue weighted by Crippen LogP contribution is -2.45. The van der Waals surface area contributed by atoms with Crippen molar-refractivity contribution in [3.8, 4) is 0 Å². The number of fused-ring (bicyclic) bond motifs is 2. The summed E-state index contributed by atoms with van der Waals surface area (Å²) < 4.78 is 0. The van der Waals surface area contributed by atoms with Gasteiger partial charge in [0.05, 0.1) is 17.5 Å². The molecule has 1 saturated heterocycles. The third-order valence-electron chi connectivity index (χ3n) is 6.36. The topological polar surface area (TPSA) is 18.5 Å². The van der Waals surface area contributed by atoms with Gasteiger partial charge < -0.3 is 10.2 Å². The van der Waals surface area contributed by atoms with Gasteiger partial charge in [-0.05, 0) is 49.4 Å². The molecule has 1 unspecified atom stereocenters. The van der Waals surface area contributed by atoms with Crippen molar-refractivity contribution in [2.45, 2.75) is 62.4 Å². The zero-order valence-corrected chi connectivity index (χ0v) is 20.0. The van der Waals surface area contributed by atoms with E-state index in [4.69, 9.17) is 12.2 Å². The molecular formula is C25H33N3S2. The van der Waals surface area contributed by atoms with Gasteiger partial charge in [-0.2, -0.15) is 0 Å². The summed E-state index contributed by atoms with van der Waals surface area (Å²) in [6.45, 7) is 10.1. The average molecular weight is 440 g/mol. The highest BCUT2D eigenvalue weighted by Gasteiger charge is 2.33. The fraction of sp³-hybridized carbons (Fsp3) is 0.480. The Morgan fingerprint density at radius 3 is 2.50 bits per heavy atom. The summed E-state index contributed by atoms with van der Waals surface area (Å²) in [6, 6.07) is 15.6. The third-order valence-corrected chi connectivity index (χ3v) is 7.87. The van der Waals surface area contributed by atoms with E-state index in [1.807, 2.05) is 11.8 Å². The lowest BCUT2D eigenvalue weighted by atomic mass is 10.1. The van der Waals surface area contributed by atoms with Gasteiger partial charge in [-0.3, -0.25) is 4.90 Å². The number of thiocarbonyl (C=S) groups is 1. The highest BCUT2D eigenvalue weighted by Crippen LogP contribution is 2.50. The predicted octanol–water partition coefficient (Wildman–Crippen LogP) is 6.43. The molecule has 0 bridgehead atoms. The summed E-state index contributed by atoms with van der Waals surface area (Å²) in [5.74, 6) is 0.624. The summed E-state index contributed by atoms with van der Waals surface area (Å²) in [5.41, 5.74) is 3.74. The Balaban J connectivity index is 1.70. The third kappa shape index (κ3) is 4.39. The largest absolute Gasteiger partial charge is 0.376 e. The quantitative estimate of drug-likeness (QED) is 0.499. The smallest absolute Gasteiger partial charge is 0.106 e. The minimum Gasteiger partial charge on any atom is -0.376 e. The van der Waals surface area contributed by atoms with Gasteiger partial charge in [-0.1, -0.05) is 69.4 Å². The maximum Gasteiger partial charge on any atom is 0.106 e. The molecule has 0 spiro atoms. The van der Waals surface area contributed by atoms with Gasteiger partial charge in [0.2, 0.25) is 0 Å². The first-order valence-corrected chi connectivity index (χ1v) is 12.6. The molecule has 2 aromatic rings. The second-order valence-corrected chi connectivity index (χ2v) is 9.97. The average Bonchev–Trinajstić information content (AvgIpc) is 3.31. The van der Waals surface area contributed by atoms with Crippen molar-refractivity contribution in [1.82, 2.24) is 10.2 Å². The fourth-order valence-electron chi connectivity index (χ4n) is 4.40. The van der Waals surface area contributed by atoms with Crippen molar-refractivity contribution < 1.29 is 0 Å². The molecule has 2 aromatic carbocycles. The number of hydrogen-bond donors (Lipinski definition) is 1. The summed E-state index contributed by atoms with van der Waals surface area (Å²) in [7, 11) is 0. The van der Waals surface area contributed by atoms with Gasteiger partial charge in [-0.15, -0.1) is 0 Å². The first kappa shape index (κ1) is 21.7. The van der Waals surface area contributed by atoms with Crippen LogP contribution in [0.15, 0.2) is 52.3 Å². The predicted molar refractivity (Wildman–Crippen MR) is 133 cm³/mol. The Hall–Kier alpha value is -1.56. The number of likely N-dealkylation sites (tertiary alicyclic amines) is 1. The number of para-hydroxylation sites is 1. The summed E-state index contributed by atoms with van der Waals surface area (Å²) in [5, 5.41) is 3.48. The monoisotopic (exact) mass is 439 g/mol. The molecule has 0 aromatic heterocycles. The molecular weight excluding hydrogens is 406 g/mol. The van der Waals surface area contributed by atoms with Crippen LogP contribution in [0.4, 0.5) is 11.4 Å². The molecule has 0 radical (unpaired) electrons. The molecule has 2 aliphatic rings. The van der Waals surface area contributed by atoms with Crippen molar-refractivity contribution in [2.24, 2.45) is 5.92 Å². The van der Waals surface area contributed by atoms with Crippen molar-refractivity contribution in [3.05, 3.63) is 48.0 Å². The van der Waals surface area contributed by atoms with Crippen molar-refractivity contribution >= 4 is 40.3 Å². The van der Waals surface area contributed by atoms with Crippen LogP contribution in [0.25, 0.3) is 0 Å². The minimum absolute atomic E-state index is 0.380. The Labute approximate surface area is 191 Å². The Bertz CT molecular complexity index is 892. The number of nitrogens with zero attached hydrogens (tertiary/aromatic N) is 2. The first-order chi connectivity index (χ1) is 14.6. The van der Waals surface area contributed by atoms with Crippen LogP contribution < -0.4 is 10.2 Å². The van der Waals surface area contributed by atoms with Crippen LogP contribution in [0, 0.1) is 5.92 Å². The summed E-state index contributed by atoms with van der Waals surface area (Å²) in [4.78, 5) is 8.75. The van der Waals surface area contributed by atoms with E-state index in [0.29, 0.717) is 12.1 Å². The minimum atomic E-state index is 0.380. The van der Waals surface area contributed by atoms with Gasteiger partial charge in [0.15, 0.2) is 0 Å². The molecule has 1 N–H and O–H groups in total. The molecule has 3 nitrogen and oxygen atoms in total. The van der Waals surface area contributed by atoms with E-state index in [9.17, 15) is 0 Å². The lowest BCUT2D eigenvalue weighted by Gasteiger charge is -2.42. The van der Waals surface area contributed by atoms with Gasteiger partial charge in [0.25, 0.3) is 0 Å². The van der Waals surface area contributed by atoms with E-state index in [2.05, 4.69) is 78.4 Å². The molecule has 0 saturated carbocycles. The highest BCUT2D eigenvalue weighted by atomic mass is 32.2. The molecule has 4 rings (SSSR count). The normalized spacial score (nSPS) is 17.9. The molecule has 0 aliphatic carbocycles. The standard InChI is InChI=1S/C25H33N3S2/c1-4-18(3)17-26-25(29)19-12-13-23-21(16-19)28(20-10-6-7-11-22(20)30-23)24(5-2)27-14-8-9-15-27/h6-7,10-13,16,18,24H,4-5,8-9,14-15,17H2,1-3H3,(H,26,29)/t18-,24?/m0/s1. The van der Waals surface area contributed by atoms with E-state index in [1.54, 1.807) is 0 Å². The van der Waals surface area contributed by atoms with E-state index < -0.39 is 0 Å². The van der Waals surface area contributed by atoms with Crippen LogP contribution >= 0.6 is 24.0 Å². The van der Waals surface area contributed by atoms with Gasteiger partial charge in [0, 0.05) is 35.0 Å². The number of hydrogen-bond acceptors (Lipinski definition) is 4. The van der Waals surface area contributed by atoms with Crippen molar-refractivity contribution in [1.29, 1.82) is 0 Å². The maximum absolute atomic E-state index is 5.76. The van der Waals surface area contributed by atoms with Crippen LogP contribution in [0.2, 0.25) is 0 Å². The maximum atomic E-state index is 5.76. The highest BCUT2D eigenvalue weighted by molar-refractivity contribution is 7.99. The molecule has 30 heavy (non-hydrogen) atoms. The van der Waals surface area contributed by atoms with Crippen LogP contribution in [-0.2, 0) is 0 Å². The number of benzene rings is 2. The molecule has 160 valence electrons. The zero-order chi connectivity index (χ0) is 21.1. The number of nitrogens with one attached hydrogen (secondary N) is 1. The van der Waals surface area contributed by atoms with Gasteiger partial charge in [0.1, 0.15) is 4.99 Å². The fourth-order valence-corrected chi connectivity index (χ4v) is 5.66. The lowest BCUT2D eigenvalue weighted by molar-refractivity contribution is 0.239. The Morgan fingerprint density at radius 1 is 1.03 bits per heavy atom.